The van der Waals surface area contributed by atoms with E-state index >= 15 is 0 Å². The summed E-state index contributed by atoms with van der Waals surface area (Å²) in [7, 11) is 0. The highest BCUT2D eigenvalue weighted by Crippen LogP contribution is 2.50. The SMILES string of the molecule is C=CC1C(C)C=C[C@H]([C@H](/C=C\CC)C2CC(CC3CC(C)=C(C(=O)CC)C(=C)C3CC)C(=C)C(=O)C2=C)C1C. The van der Waals surface area contributed by atoms with Crippen molar-refractivity contribution in [1.82, 2.24) is 0 Å². The minimum Gasteiger partial charge on any atom is -0.294 e. The molecule has 0 aromatic heterocycles. The first-order valence-corrected chi connectivity index (χ1v) is 15.3. The van der Waals surface area contributed by atoms with Crippen molar-refractivity contribution in [2.75, 3.05) is 0 Å². The Balaban J connectivity index is 1.94. The number of carbonyl (C=O) groups excluding carboxylic acids is 2. The average Bonchev–Trinajstić information content (AvgIpc) is 2.90. The van der Waals surface area contributed by atoms with E-state index in [9.17, 15) is 9.59 Å². The van der Waals surface area contributed by atoms with Gasteiger partial charge in [0.2, 0.25) is 0 Å². The van der Waals surface area contributed by atoms with E-state index in [0.29, 0.717) is 36.0 Å². The lowest BCUT2D eigenvalue weighted by Crippen LogP contribution is -2.39. The maximum absolute atomic E-state index is 13.6. The molecule has 0 amide bonds. The Morgan fingerprint density at radius 3 is 2.36 bits per heavy atom. The number of hydrogen-bond donors (Lipinski definition) is 0. The van der Waals surface area contributed by atoms with Crippen LogP contribution in [0.1, 0.15) is 80.1 Å². The van der Waals surface area contributed by atoms with Crippen LogP contribution in [0, 0.1) is 53.3 Å². The van der Waals surface area contributed by atoms with E-state index in [0.717, 1.165) is 60.0 Å². The molecule has 39 heavy (non-hydrogen) atoms. The number of Topliss-reactive ketones (excluding diaryl/α,β-unsaturated/α-hetero) is 2. The minimum absolute atomic E-state index is 0.0593. The Bertz CT molecular complexity index is 1090. The Morgan fingerprint density at radius 1 is 1.08 bits per heavy atom. The van der Waals surface area contributed by atoms with Gasteiger partial charge in [-0.1, -0.05) is 90.3 Å². The fraction of sp³-hybridized carbons (Fsp3) is 0.568. The number of rotatable bonds is 10. The molecule has 0 N–H and O–H groups in total. The molecule has 2 nitrogen and oxygen atoms in total. The zero-order chi connectivity index (χ0) is 29.0. The quantitative estimate of drug-likeness (QED) is 0.209. The summed E-state index contributed by atoms with van der Waals surface area (Å²) in [6.07, 6.45) is 16.6. The van der Waals surface area contributed by atoms with E-state index in [1.807, 2.05) is 6.92 Å². The van der Waals surface area contributed by atoms with Crippen molar-refractivity contribution < 1.29 is 9.59 Å². The van der Waals surface area contributed by atoms with Crippen LogP contribution in [-0.2, 0) is 9.59 Å². The first-order valence-electron chi connectivity index (χ1n) is 15.3. The molecule has 3 rings (SSSR count). The summed E-state index contributed by atoms with van der Waals surface area (Å²) < 4.78 is 0. The molecule has 1 fully saturated rings. The summed E-state index contributed by atoms with van der Waals surface area (Å²) in [5, 5.41) is 0. The molecule has 2 heteroatoms. The van der Waals surface area contributed by atoms with Crippen LogP contribution in [0.2, 0.25) is 0 Å². The lowest BCUT2D eigenvalue weighted by Gasteiger charge is -2.44. The number of hydrogen-bond acceptors (Lipinski definition) is 2. The van der Waals surface area contributed by atoms with Crippen LogP contribution in [0.4, 0.5) is 0 Å². The summed E-state index contributed by atoms with van der Waals surface area (Å²) in [5.41, 5.74) is 4.48. The molecule has 0 radical (unpaired) electrons. The van der Waals surface area contributed by atoms with E-state index in [1.54, 1.807) is 0 Å². The van der Waals surface area contributed by atoms with Gasteiger partial charge in [-0.25, -0.2) is 0 Å². The maximum Gasteiger partial charge on any atom is 0.184 e. The van der Waals surface area contributed by atoms with Gasteiger partial charge in [0.05, 0.1) is 0 Å². The maximum atomic E-state index is 13.6. The Kier molecular flexibility index (Phi) is 10.5. The monoisotopic (exact) mass is 528 g/mol. The molecule has 7 unspecified atom stereocenters. The van der Waals surface area contributed by atoms with Gasteiger partial charge < -0.3 is 0 Å². The number of carbonyl (C=O) groups is 2. The summed E-state index contributed by atoms with van der Waals surface area (Å²) >= 11 is 0. The topological polar surface area (TPSA) is 34.1 Å². The molecule has 0 bridgehead atoms. The van der Waals surface area contributed by atoms with Crippen molar-refractivity contribution in [2.24, 2.45) is 53.3 Å². The minimum atomic E-state index is 0.0593. The third kappa shape index (κ3) is 6.16. The molecule has 0 aliphatic heterocycles. The van der Waals surface area contributed by atoms with Gasteiger partial charge in [0.15, 0.2) is 11.6 Å². The van der Waals surface area contributed by atoms with Crippen molar-refractivity contribution in [2.45, 2.75) is 80.1 Å². The molecule has 0 aromatic rings. The lowest BCUT2D eigenvalue weighted by molar-refractivity contribution is -0.115. The van der Waals surface area contributed by atoms with Crippen molar-refractivity contribution in [3.63, 3.8) is 0 Å². The number of allylic oxidation sites excluding steroid dienone is 10. The van der Waals surface area contributed by atoms with Crippen LogP contribution >= 0.6 is 0 Å². The first-order chi connectivity index (χ1) is 18.5. The average molecular weight is 529 g/mol. The predicted octanol–water partition coefficient (Wildman–Crippen LogP) is 9.43. The zero-order valence-corrected chi connectivity index (χ0v) is 25.5. The Labute approximate surface area is 238 Å². The second-order valence-corrected chi connectivity index (χ2v) is 12.5. The second kappa shape index (κ2) is 13.2. The van der Waals surface area contributed by atoms with Gasteiger partial charge in [0, 0.05) is 12.0 Å². The molecule has 0 heterocycles. The van der Waals surface area contributed by atoms with Gasteiger partial charge >= 0.3 is 0 Å². The zero-order valence-electron chi connectivity index (χ0n) is 25.5. The molecule has 0 saturated heterocycles. The van der Waals surface area contributed by atoms with Crippen LogP contribution in [0.25, 0.3) is 0 Å². The first kappa shape index (κ1) is 31.1. The molecular weight excluding hydrogens is 476 g/mol. The summed E-state index contributed by atoms with van der Waals surface area (Å²) in [4.78, 5) is 26.4. The fourth-order valence-electron chi connectivity index (χ4n) is 8.02. The highest BCUT2D eigenvalue weighted by atomic mass is 16.1. The standard InChI is InChI=1S/C37H52O2/c1-11-15-16-33(32-18-17-22(5)30(12-2)25(32)8)34-21-28(24(7)37(39)27(34)10)20-29-19-23(6)36(35(38)14-4)26(9)31(29)13-3/h12,15-18,22,25,28-34H,2,7,9-11,13-14,19-21H2,1,3-6,8H3/b16-15-/t22?,25?,28?,29?,30?,31?,32-,33-,34?/m0/s1. The van der Waals surface area contributed by atoms with Crippen LogP contribution in [0.5, 0.6) is 0 Å². The molecule has 1 saturated carbocycles. The third-order valence-corrected chi connectivity index (χ3v) is 10.3. The van der Waals surface area contributed by atoms with Gasteiger partial charge in [-0.3, -0.25) is 9.59 Å². The van der Waals surface area contributed by atoms with E-state index in [-0.39, 0.29) is 35.2 Å². The fourth-order valence-corrected chi connectivity index (χ4v) is 8.02. The van der Waals surface area contributed by atoms with Crippen molar-refractivity contribution in [1.29, 1.82) is 0 Å². The molecule has 212 valence electrons. The van der Waals surface area contributed by atoms with Gasteiger partial charge in [-0.2, -0.15) is 0 Å². The van der Waals surface area contributed by atoms with Crippen LogP contribution in [0.3, 0.4) is 0 Å². The van der Waals surface area contributed by atoms with Crippen LogP contribution in [-0.4, -0.2) is 11.6 Å². The van der Waals surface area contributed by atoms with Gasteiger partial charge in [-0.05, 0) is 109 Å². The normalized spacial score (nSPS) is 34.6. The molecule has 3 aliphatic rings. The molecule has 0 spiro atoms. The molecule has 0 aromatic carbocycles. The Morgan fingerprint density at radius 2 is 1.77 bits per heavy atom. The van der Waals surface area contributed by atoms with Gasteiger partial charge in [-0.15, -0.1) is 6.58 Å². The van der Waals surface area contributed by atoms with Gasteiger partial charge in [0.1, 0.15) is 0 Å². The largest absolute Gasteiger partial charge is 0.294 e. The highest BCUT2D eigenvalue weighted by molar-refractivity contribution is 6.09. The summed E-state index contributed by atoms with van der Waals surface area (Å²) in [6.45, 7) is 30.2. The Hall–Kier alpha value is -2.48. The molecular formula is C37H52O2. The highest BCUT2D eigenvalue weighted by Gasteiger charge is 2.44. The van der Waals surface area contributed by atoms with E-state index < -0.39 is 0 Å². The van der Waals surface area contributed by atoms with Crippen LogP contribution in [0.15, 0.2) is 84.6 Å². The summed E-state index contributed by atoms with van der Waals surface area (Å²) in [6, 6.07) is 0. The van der Waals surface area contributed by atoms with Gasteiger partial charge in [0.25, 0.3) is 0 Å². The van der Waals surface area contributed by atoms with Crippen molar-refractivity contribution in [3.8, 4) is 0 Å². The van der Waals surface area contributed by atoms with Crippen molar-refractivity contribution >= 4 is 11.6 Å². The van der Waals surface area contributed by atoms with E-state index in [4.69, 9.17) is 0 Å². The molecule has 9 atom stereocenters. The third-order valence-electron chi connectivity index (χ3n) is 10.3. The molecule has 3 aliphatic carbocycles. The predicted molar refractivity (Wildman–Crippen MR) is 166 cm³/mol. The van der Waals surface area contributed by atoms with E-state index in [1.165, 1.54) is 0 Å². The van der Waals surface area contributed by atoms with E-state index in [2.05, 4.69) is 91.3 Å². The number of ketones is 2. The smallest absolute Gasteiger partial charge is 0.184 e. The lowest BCUT2D eigenvalue weighted by atomic mass is 9.59. The van der Waals surface area contributed by atoms with Crippen molar-refractivity contribution in [3.05, 3.63) is 84.6 Å². The van der Waals surface area contributed by atoms with Crippen LogP contribution < -0.4 is 0 Å². The summed E-state index contributed by atoms with van der Waals surface area (Å²) in [5.74, 6) is 2.98. The second-order valence-electron chi connectivity index (χ2n) is 12.5.